The lowest BCUT2D eigenvalue weighted by molar-refractivity contribution is -0.384. The molecule has 0 spiro atoms. The van der Waals surface area contributed by atoms with Gasteiger partial charge in [-0.05, 0) is 43.5 Å². The van der Waals surface area contributed by atoms with Gasteiger partial charge in [-0.1, -0.05) is 6.07 Å². The molecule has 0 N–H and O–H groups in total. The van der Waals surface area contributed by atoms with Crippen LogP contribution in [0.2, 0.25) is 0 Å². The third kappa shape index (κ3) is 4.17. The maximum atomic E-state index is 12.5. The lowest BCUT2D eigenvalue weighted by Crippen LogP contribution is -2.15. The van der Waals surface area contributed by atoms with Crippen LogP contribution in [0, 0.1) is 24.0 Å². The van der Waals surface area contributed by atoms with Gasteiger partial charge in [-0.2, -0.15) is 0 Å². The molecule has 8 heteroatoms. The average Bonchev–Trinajstić information content (AvgIpc) is 3.29. The molecule has 0 bridgehead atoms. The number of non-ortho nitro benzene ring substituents is 1. The largest absolute Gasteiger partial charge is 0.454 e. The number of aromatic nitrogens is 1. The molecular weight excluding hydrogens is 380 g/mol. The summed E-state index contributed by atoms with van der Waals surface area (Å²) in [6.45, 7) is 4.09. The number of hydrogen-bond acceptors (Lipinski definition) is 6. The molecule has 2 aromatic heterocycles. The molecule has 0 saturated heterocycles. The third-order valence-electron chi connectivity index (χ3n) is 4.42. The quantitative estimate of drug-likeness (QED) is 0.258. The van der Waals surface area contributed by atoms with Crippen LogP contribution in [0.1, 0.15) is 37.0 Å². The Bertz CT molecular complexity index is 1020. The van der Waals surface area contributed by atoms with Gasteiger partial charge in [0, 0.05) is 34.0 Å². The normalized spacial score (nSPS) is 10.6. The number of esters is 1. The molecule has 1 aromatic carbocycles. The second-order valence-corrected chi connectivity index (χ2v) is 7.29. The topological polar surface area (TPSA) is 91.4 Å². The first-order valence-corrected chi connectivity index (χ1v) is 9.38. The number of aryl methyl sites for hydroxylation is 1. The Kier molecular flexibility index (Phi) is 5.70. The molecule has 0 aliphatic carbocycles. The Labute approximate surface area is 165 Å². The van der Waals surface area contributed by atoms with Crippen LogP contribution in [0.5, 0.6) is 0 Å². The van der Waals surface area contributed by atoms with Crippen molar-refractivity contribution in [2.24, 2.45) is 0 Å². The van der Waals surface area contributed by atoms with Gasteiger partial charge in [-0.25, -0.2) is 4.79 Å². The van der Waals surface area contributed by atoms with Gasteiger partial charge < -0.3 is 9.30 Å². The number of thiophene rings is 1. The number of nitrogens with zero attached hydrogens (tertiary/aromatic N) is 2. The lowest BCUT2D eigenvalue weighted by Gasteiger charge is -2.08. The highest BCUT2D eigenvalue weighted by atomic mass is 32.1. The fraction of sp³-hybridized carbons (Fsp3) is 0.200. The van der Waals surface area contributed by atoms with Crippen molar-refractivity contribution in [1.82, 2.24) is 4.57 Å². The summed E-state index contributed by atoms with van der Waals surface area (Å²) in [6.07, 6.45) is 0. The van der Waals surface area contributed by atoms with Crippen LogP contribution in [-0.4, -0.2) is 27.8 Å². The monoisotopic (exact) mass is 398 g/mol. The second-order valence-electron chi connectivity index (χ2n) is 6.25. The zero-order chi connectivity index (χ0) is 20.3. The van der Waals surface area contributed by atoms with E-state index in [4.69, 9.17) is 4.74 Å². The van der Waals surface area contributed by atoms with Crippen molar-refractivity contribution >= 4 is 28.8 Å². The number of ketones is 1. The summed E-state index contributed by atoms with van der Waals surface area (Å²) < 4.78 is 7.14. The number of ether oxygens (including phenoxy) is 1. The molecule has 0 aliphatic rings. The standard InChI is InChI=1S/C20H18N2O5S/c1-13-10-18(14(2)21(13)11-17-4-3-9-28-17)19(23)12-27-20(24)15-5-7-16(8-6-15)22(25)26/h3-10H,11-12H2,1-2H3. The molecule has 0 aliphatic heterocycles. The average molecular weight is 398 g/mol. The van der Waals surface area contributed by atoms with Crippen LogP contribution in [0.15, 0.2) is 47.8 Å². The molecule has 3 aromatic rings. The molecular formula is C20H18N2O5S. The fourth-order valence-electron chi connectivity index (χ4n) is 2.90. The Balaban J connectivity index is 1.66. The minimum atomic E-state index is -0.698. The molecule has 0 unspecified atom stereocenters. The Morgan fingerprint density at radius 3 is 2.50 bits per heavy atom. The number of nitro groups is 1. The molecule has 0 amide bonds. The van der Waals surface area contributed by atoms with Crippen molar-refractivity contribution < 1.29 is 19.2 Å². The summed E-state index contributed by atoms with van der Waals surface area (Å²) in [7, 11) is 0. The fourth-order valence-corrected chi connectivity index (χ4v) is 3.59. The van der Waals surface area contributed by atoms with E-state index in [-0.39, 0.29) is 23.6 Å². The molecule has 2 heterocycles. The molecule has 0 radical (unpaired) electrons. The van der Waals surface area contributed by atoms with Crippen molar-refractivity contribution in [2.45, 2.75) is 20.4 Å². The summed E-state index contributed by atoms with van der Waals surface area (Å²) in [5.41, 5.74) is 2.33. The highest BCUT2D eigenvalue weighted by molar-refractivity contribution is 7.09. The Morgan fingerprint density at radius 2 is 1.89 bits per heavy atom. The number of carbonyl (C=O) groups is 2. The number of nitro benzene ring substituents is 1. The van der Waals surface area contributed by atoms with Crippen LogP contribution >= 0.6 is 11.3 Å². The van der Waals surface area contributed by atoms with Gasteiger partial charge in [0.05, 0.1) is 17.0 Å². The van der Waals surface area contributed by atoms with Crippen molar-refractivity contribution in [3.63, 3.8) is 0 Å². The predicted octanol–water partition coefficient (Wildman–Crippen LogP) is 4.16. The van der Waals surface area contributed by atoms with E-state index in [9.17, 15) is 19.7 Å². The first-order chi connectivity index (χ1) is 13.4. The summed E-state index contributed by atoms with van der Waals surface area (Å²) in [4.78, 5) is 35.9. The molecule has 0 atom stereocenters. The SMILES string of the molecule is Cc1cc(C(=O)COC(=O)c2ccc([N+](=O)[O-])cc2)c(C)n1Cc1cccs1. The molecule has 28 heavy (non-hydrogen) atoms. The minimum Gasteiger partial charge on any atom is -0.454 e. The maximum Gasteiger partial charge on any atom is 0.338 e. The van der Waals surface area contributed by atoms with Crippen molar-refractivity contribution in [3.8, 4) is 0 Å². The van der Waals surface area contributed by atoms with E-state index in [2.05, 4.69) is 4.57 Å². The van der Waals surface area contributed by atoms with E-state index < -0.39 is 10.9 Å². The van der Waals surface area contributed by atoms with E-state index >= 15 is 0 Å². The summed E-state index contributed by atoms with van der Waals surface area (Å²) in [6, 6.07) is 10.9. The number of carbonyl (C=O) groups excluding carboxylic acids is 2. The van der Waals surface area contributed by atoms with Crippen molar-refractivity contribution in [3.05, 3.63) is 85.4 Å². The Morgan fingerprint density at radius 1 is 1.18 bits per heavy atom. The lowest BCUT2D eigenvalue weighted by atomic mass is 10.1. The van der Waals surface area contributed by atoms with Crippen molar-refractivity contribution in [1.29, 1.82) is 0 Å². The maximum absolute atomic E-state index is 12.5. The highest BCUT2D eigenvalue weighted by Crippen LogP contribution is 2.20. The first-order valence-electron chi connectivity index (χ1n) is 8.50. The minimum absolute atomic E-state index is 0.120. The summed E-state index contributed by atoms with van der Waals surface area (Å²) in [5.74, 6) is -0.989. The Hall–Kier alpha value is -3.26. The number of benzene rings is 1. The zero-order valence-corrected chi connectivity index (χ0v) is 16.2. The van der Waals surface area contributed by atoms with Crippen LogP contribution < -0.4 is 0 Å². The predicted molar refractivity (Wildman–Crippen MR) is 105 cm³/mol. The van der Waals surface area contributed by atoms with Crippen LogP contribution in [0.25, 0.3) is 0 Å². The van der Waals surface area contributed by atoms with Gasteiger partial charge >= 0.3 is 5.97 Å². The molecule has 144 valence electrons. The van der Waals surface area contributed by atoms with Gasteiger partial charge in [0.15, 0.2) is 6.61 Å². The number of Topliss-reactive ketones (excluding diaryl/α,β-unsaturated/α-hetero) is 1. The van der Waals surface area contributed by atoms with Crippen LogP contribution in [-0.2, 0) is 11.3 Å². The van der Waals surface area contributed by atoms with E-state index in [0.29, 0.717) is 12.1 Å². The molecule has 0 fully saturated rings. The van der Waals surface area contributed by atoms with Gasteiger partial charge in [0.25, 0.3) is 5.69 Å². The van der Waals surface area contributed by atoms with Gasteiger partial charge in [-0.3, -0.25) is 14.9 Å². The highest BCUT2D eigenvalue weighted by Gasteiger charge is 2.18. The number of rotatable bonds is 7. The van der Waals surface area contributed by atoms with E-state index in [1.165, 1.54) is 29.1 Å². The summed E-state index contributed by atoms with van der Waals surface area (Å²) >= 11 is 1.65. The second kappa shape index (κ2) is 8.18. The van der Waals surface area contributed by atoms with Gasteiger partial charge in [0.2, 0.25) is 5.78 Å². The molecule has 7 nitrogen and oxygen atoms in total. The molecule has 3 rings (SSSR count). The van der Waals surface area contributed by atoms with Crippen LogP contribution in [0.4, 0.5) is 5.69 Å². The van der Waals surface area contributed by atoms with E-state index in [1.807, 2.05) is 31.4 Å². The number of hydrogen-bond donors (Lipinski definition) is 0. The van der Waals surface area contributed by atoms with Crippen molar-refractivity contribution in [2.75, 3.05) is 6.61 Å². The zero-order valence-electron chi connectivity index (χ0n) is 15.4. The van der Waals surface area contributed by atoms with Gasteiger partial charge in [-0.15, -0.1) is 11.3 Å². The molecule has 0 saturated carbocycles. The summed E-state index contributed by atoms with van der Waals surface area (Å²) in [5, 5.41) is 12.7. The third-order valence-corrected chi connectivity index (χ3v) is 5.28. The van der Waals surface area contributed by atoms with E-state index in [0.717, 1.165) is 11.4 Å². The smallest absolute Gasteiger partial charge is 0.338 e. The van der Waals surface area contributed by atoms with E-state index in [1.54, 1.807) is 17.4 Å². The first kappa shape index (κ1) is 19.5. The van der Waals surface area contributed by atoms with Gasteiger partial charge in [0.1, 0.15) is 0 Å². The van der Waals surface area contributed by atoms with Crippen LogP contribution in [0.3, 0.4) is 0 Å².